The van der Waals surface area contributed by atoms with Gasteiger partial charge in [0, 0.05) is 0 Å². The van der Waals surface area contributed by atoms with Crippen LogP contribution in [-0.4, -0.2) is 11.8 Å². The summed E-state index contributed by atoms with van der Waals surface area (Å²) >= 11 is 0. The topological polar surface area (TPSA) is 76.7 Å². The first-order chi connectivity index (χ1) is 18.2. The summed E-state index contributed by atoms with van der Waals surface area (Å²) in [4.78, 5) is 38.7. The standard InChI is InChI=1S/C31H30N2O4/c34-29(32-36-23-27-17-9-3-10-18-27)31(21-25-13-5-1-6-14-25,22-26-15-7-2-8-16-26)30(35)33-37-24-28-19-11-4-12-20-28/h1-20H,21-24H2,(H,32,34)(H,33,35). The Bertz CT molecular complexity index is 1150. The molecule has 0 spiro atoms. The van der Waals surface area contributed by atoms with Crippen LogP contribution < -0.4 is 11.0 Å². The van der Waals surface area contributed by atoms with E-state index in [0.717, 1.165) is 22.3 Å². The van der Waals surface area contributed by atoms with Crippen LogP contribution in [0.15, 0.2) is 121 Å². The molecule has 6 nitrogen and oxygen atoms in total. The van der Waals surface area contributed by atoms with E-state index in [1.165, 1.54) is 0 Å². The molecule has 4 aromatic carbocycles. The Labute approximate surface area is 217 Å². The number of amides is 2. The summed E-state index contributed by atoms with van der Waals surface area (Å²) in [5.41, 5.74) is 7.04. The number of rotatable bonds is 12. The number of carbonyl (C=O) groups excluding carboxylic acids is 2. The Kier molecular flexibility index (Phi) is 9.18. The summed E-state index contributed by atoms with van der Waals surface area (Å²) < 4.78 is 0. The third kappa shape index (κ3) is 7.36. The fraction of sp³-hybridized carbons (Fsp3) is 0.161. The maximum Gasteiger partial charge on any atom is 0.260 e. The molecule has 0 bridgehead atoms. The summed E-state index contributed by atoms with van der Waals surface area (Å²) in [6.45, 7) is 0.344. The highest BCUT2D eigenvalue weighted by atomic mass is 16.7. The van der Waals surface area contributed by atoms with Gasteiger partial charge in [-0.15, -0.1) is 0 Å². The lowest BCUT2D eigenvalue weighted by atomic mass is 9.75. The lowest BCUT2D eigenvalue weighted by Gasteiger charge is -2.31. The lowest BCUT2D eigenvalue weighted by molar-refractivity contribution is -0.159. The van der Waals surface area contributed by atoms with Crippen molar-refractivity contribution in [1.29, 1.82) is 0 Å². The Morgan fingerprint density at radius 2 is 0.784 bits per heavy atom. The highest BCUT2D eigenvalue weighted by molar-refractivity contribution is 6.05. The third-order valence-electron chi connectivity index (χ3n) is 6.06. The van der Waals surface area contributed by atoms with Gasteiger partial charge in [-0.1, -0.05) is 121 Å². The van der Waals surface area contributed by atoms with Gasteiger partial charge in [-0.3, -0.25) is 19.3 Å². The number of hydrogen-bond donors (Lipinski definition) is 2. The molecule has 0 heterocycles. The number of nitrogens with one attached hydrogen (secondary N) is 2. The fourth-order valence-corrected chi connectivity index (χ4v) is 4.09. The van der Waals surface area contributed by atoms with E-state index >= 15 is 0 Å². The Balaban J connectivity index is 1.58. The molecule has 0 aliphatic heterocycles. The van der Waals surface area contributed by atoms with Gasteiger partial charge in [0.15, 0.2) is 0 Å². The largest absolute Gasteiger partial charge is 0.272 e. The van der Waals surface area contributed by atoms with Crippen LogP contribution in [0.1, 0.15) is 22.3 Å². The smallest absolute Gasteiger partial charge is 0.260 e. The van der Waals surface area contributed by atoms with Gasteiger partial charge in [0.05, 0.1) is 13.2 Å². The minimum atomic E-state index is -1.53. The van der Waals surface area contributed by atoms with Gasteiger partial charge < -0.3 is 0 Å². The van der Waals surface area contributed by atoms with Gasteiger partial charge in [0.2, 0.25) is 0 Å². The molecule has 2 amide bonds. The first-order valence-corrected chi connectivity index (χ1v) is 12.2. The number of carbonyl (C=O) groups is 2. The number of hydrogen-bond acceptors (Lipinski definition) is 4. The second kappa shape index (κ2) is 13.2. The summed E-state index contributed by atoms with van der Waals surface area (Å²) in [5.74, 6) is -1.09. The van der Waals surface area contributed by atoms with E-state index in [4.69, 9.17) is 9.68 Å². The van der Waals surface area contributed by atoms with Crippen LogP contribution in [0.2, 0.25) is 0 Å². The molecule has 4 rings (SSSR count). The van der Waals surface area contributed by atoms with E-state index in [1.807, 2.05) is 121 Å². The first kappa shape index (κ1) is 25.8. The average Bonchev–Trinajstić information content (AvgIpc) is 2.95. The van der Waals surface area contributed by atoms with Crippen molar-refractivity contribution in [3.05, 3.63) is 144 Å². The van der Waals surface area contributed by atoms with Gasteiger partial charge in [0.1, 0.15) is 5.41 Å². The van der Waals surface area contributed by atoms with Crippen molar-refractivity contribution in [2.24, 2.45) is 5.41 Å². The molecule has 0 aliphatic carbocycles. The molecular formula is C31H30N2O4. The maximum atomic E-state index is 13.8. The minimum absolute atomic E-state index is 0.157. The zero-order chi connectivity index (χ0) is 25.8. The van der Waals surface area contributed by atoms with Crippen molar-refractivity contribution in [2.45, 2.75) is 26.1 Å². The van der Waals surface area contributed by atoms with Crippen molar-refractivity contribution >= 4 is 11.8 Å². The molecule has 4 aromatic rings. The molecule has 0 saturated carbocycles. The fourth-order valence-electron chi connectivity index (χ4n) is 4.09. The van der Waals surface area contributed by atoms with Gasteiger partial charge in [-0.2, -0.15) is 0 Å². The molecule has 0 fully saturated rings. The summed E-state index contributed by atoms with van der Waals surface area (Å²) in [5, 5.41) is 0. The third-order valence-corrected chi connectivity index (χ3v) is 6.06. The predicted octanol–water partition coefficient (Wildman–Crippen LogP) is 4.95. The molecule has 0 saturated heterocycles. The molecule has 0 unspecified atom stereocenters. The van der Waals surface area contributed by atoms with Crippen molar-refractivity contribution in [3.63, 3.8) is 0 Å². The molecule has 37 heavy (non-hydrogen) atoms. The number of hydroxylamine groups is 2. The monoisotopic (exact) mass is 494 g/mol. The van der Waals surface area contributed by atoms with E-state index in [2.05, 4.69) is 11.0 Å². The summed E-state index contributed by atoms with van der Waals surface area (Å²) in [6.07, 6.45) is 0.313. The number of benzene rings is 4. The molecule has 0 aliphatic rings. The quantitative estimate of drug-likeness (QED) is 0.216. The van der Waals surface area contributed by atoms with Crippen molar-refractivity contribution < 1.29 is 19.3 Å². The van der Waals surface area contributed by atoms with Crippen molar-refractivity contribution in [1.82, 2.24) is 11.0 Å². The molecule has 188 valence electrons. The normalized spacial score (nSPS) is 11.0. The van der Waals surface area contributed by atoms with Crippen LogP contribution in [0, 0.1) is 5.41 Å². The zero-order valence-corrected chi connectivity index (χ0v) is 20.5. The van der Waals surface area contributed by atoms with Crippen molar-refractivity contribution in [3.8, 4) is 0 Å². The van der Waals surface area contributed by atoms with Crippen LogP contribution in [0.3, 0.4) is 0 Å². The van der Waals surface area contributed by atoms with Gasteiger partial charge in [0.25, 0.3) is 11.8 Å². The van der Waals surface area contributed by atoms with Crippen LogP contribution in [0.25, 0.3) is 0 Å². The van der Waals surface area contributed by atoms with Crippen LogP contribution >= 0.6 is 0 Å². The van der Waals surface area contributed by atoms with E-state index in [1.54, 1.807) is 0 Å². The zero-order valence-electron chi connectivity index (χ0n) is 20.5. The Hall–Kier alpha value is -4.26. The first-order valence-electron chi connectivity index (χ1n) is 12.2. The summed E-state index contributed by atoms with van der Waals surface area (Å²) in [6, 6.07) is 37.9. The highest BCUT2D eigenvalue weighted by Crippen LogP contribution is 2.30. The lowest BCUT2D eigenvalue weighted by Crippen LogP contribution is -2.54. The van der Waals surface area contributed by atoms with Gasteiger partial charge >= 0.3 is 0 Å². The SMILES string of the molecule is O=C(NOCc1ccccc1)C(Cc1ccccc1)(Cc1ccccc1)C(=O)NOCc1ccccc1. The highest BCUT2D eigenvalue weighted by Gasteiger charge is 2.46. The second-order valence-corrected chi connectivity index (χ2v) is 8.82. The molecule has 6 heteroatoms. The van der Waals surface area contributed by atoms with E-state index in [-0.39, 0.29) is 26.1 Å². The molecule has 0 aromatic heterocycles. The summed E-state index contributed by atoms with van der Waals surface area (Å²) in [7, 11) is 0. The Morgan fingerprint density at radius 3 is 1.11 bits per heavy atom. The second-order valence-electron chi connectivity index (χ2n) is 8.82. The Morgan fingerprint density at radius 1 is 0.486 bits per heavy atom. The minimum Gasteiger partial charge on any atom is -0.272 e. The maximum absolute atomic E-state index is 13.8. The van der Waals surface area contributed by atoms with Crippen LogP contribution in [0.5, 0.6) is 0 Å². The predicted molar refractivity (Wildman–Crippen MR) is 141 cm³/mol. The van der Waals surface area contributed by atoms with Crippen LogP contribution in [0.4, 0.5) is 0 Å². The van der Waals surface area contributed by atoms with E-state index < -0.39 is 17.2 Å². The van der Waals surface area contributed by atoms with Gasteiger partial charge in [-0.05, 0) is 35.1 Å². The van der Waals surface area contributed by atoms with E-state index in [9.17, 15) is 9.59 Å². The average molecular weight is 495 g/mol. The van der Waals surface area contributed by atoms with Crippen molar-refractivity contribution in [2.75, 3.05) is 0 Å². The molecule has 2 N–H and O–H groups in total. The van der Waals surface area contributed by atoms with Crippen LogP contribution in [-0.2, 0) is 45.3 Å². The van der Waals surface area contributed by atoms with E-state index in [0.29, 0.717) is 0 Å². The molecule has 0 radical (unpaired) electrons. The molecule has 0 atom stereocenters. The molecular weight excluding hydrogens is 464 g/mol. The van der Waals surface area contributed by atoms with Gasteiger partial charge in [-0.25, -0.2) is 11.0 Å².